The van der Waals surface area contributed by atoms with Crippen LogP contribution in [0.25, 0.3) is 22.4 Å². The molecule has 21 heavy (non-hydrogen) atoms. The summed E-state index contributed by atoms with van der Waals surface area (Å²) >= 11 is 1.71. The van der Waals surface area contributed by atoms with Crippen molar-refractivity contribution in [2.45, 2.75) is 11.8 Å². The van der Waals surface area contributed by atoms with E-state index in [2.05, 4.69) is 42.6 Å². The summed E-state index contributed by atoms with van der Waals surface area (Å²) in [7, 11) is 0. The van der Waals surface area contributed by atoms with E-state index < -0.39 is 0 Å². The van der Waals surface area contributed by atoms with Gasteiger partial charge in [0, 0.05) is 10.5 Å². The Kier molecular flexibility index (Phi) is 3.71. The van der Waals surface area contributed by atoms with E-state index in [4.69, 9.17) is 10.3 Å². The minimum atomic E-state index is 0.351. The van der Waals surface area contributed by atoms with Gasteiger partial charge in [-0.25, -0.2) is 0 Å². The molecule has 0 atom stereocenters. The largest absolute Gasteiger partial charge is 0.367 e. The summed E-state index contributed by atoms with van der Waals surface area (Å²) < 4.78 is 5.22. The normalized spacial score (nSPS) is 10.8. The summed E-state index contributed by atoms with van der Waals surface area (Å²) in [5.41, 5.74) is 10.8. The second kappa shape index (κ2) is 5.66. The number of nitrogens with two attached hydrogens (primary N) is 1. The molecule has 0 aliphatic carbocycles. The van der Waals surface area contributed by atoms with E-state index in [1.807, 2.05) is 24.3 Å². The summed E-state index contributed by atoms with van der Waals surface area (Å²) in [6, 6.07) is 16.4. The van der Waals surface area contributed by atoms with Gasteiger partial charge in [0.2, 0.25) is 5.88 Å². The third kappa shape index (κ3) is 2.67. The highest BCUT2D eigenvalue weighted by atomic mass is 32.2. The van der Waals surface area contributed by atoms with Gasteiger partial charge in [0.25, 0.3) is 0 Å². The molecule has 0 unspecified atom stereocenters. The van der Waals surface area contributed by atoms with E-state index in [1.54, 1.807) is 11.8 Å². The number of aryl methyl sites for hydroxylation is 1. The monoisotopic (exact) mass is 296 g/mol. The summed E-state index contributed by atoms with van der Waals surface area (Å²) in [6.07, 6.45) is 2.06. The summed E-state index contributed by atoms with van der Waals surface area (Å²) in [6.45, 7) is 2.06. The first-order valence-electron chi connectivity index (χ1n) is 6.65. The first-order valence-corrected chi connectivity index (χ1v) is 7.88. The van der Waals surface area contributed by atoms with Crippen LogP contribution in [0.5, 0.6) is 0 Å². The Labute approximate surface area is 128 Å². The van der Waals surface area contributed by atoms with Gasteiger partial charge in [-0.15, -0.1) is 11.8 Å². The third-order valence-electron chi connectivity index (χ3n) is 3.39. The van der Waals surface area contributed by atoms with Gasteiger partial charge in [-0.1, -0.05) is 47.1 Å². The lowest BCUT2D eigenvalue weighted by Gasteiger charge is -2.04. The molecule has 1 heterocycles. The van der Waals surface area contributed by atoms with Crippen LogP contribution in [0.1, 0.15) is 5.56 Å². The van der Waals surface area contributed by atoms with Gasteiger partial charge in [0.1, 0.15) is 5.69 Å². The zero-order valence-corrected chi connectivity index (χ0v) is 12.8. The van der Waals surface area contributed by atoms with Gasteiger partial charge in [-0.2, -0.15) is 0 Å². The molecule has 0 spiro atoms. The molecule has 3 aromatic rings. The molecule has 106 valence electrons. The Morgan fingerprint density at radius 1 is 1.05 bits per heavy atom. The zero-order chi connectivity index (χ0) is 14.8. The van der Waals surface area contributed by atoms with Crippen molar-refractivity contribution in [2.24, 2.45) is 0 Å². The van der Waals surface area contributed by atoms with Gasteiger partial charge < -0.3 is 10.3 Å². The van der Waals surface area contributed by atoms with Crippen LogP contribution in [0.3, 0.4) is 0 Å². The second-order valence-corrected chi connectivity index (χ2v) is 5.75. The maximum atomic E-state index is 5.98. The van der Waals surface area contributed by atoms with Crippen molar-refractivity contribution in [1.82, 2.24) is 5.16 Å². The smallest absolute Gasteiger partial charge is 0.230 e. The number of nitrogens with zero attached hydrogens (tertiary/aromatic N) is 1. The van der Waals surface area contributed by atoms with Crippen LogP contribution in [-0.4, -0.2) is 11.4 Å². The van der Waals surface area contributed by atoms with Crippen LogP contribution in [-0.2, 0) is 0 Å². The lowest BCUT2D eigenvalue weighted by atomic mass is 10.00. The molecule has 4 heteroatoms. The molecule has 2 aromatic carbocycles. The molecule has 0 aliphatic rings. The fourth-order valence-electron chi connectivity index (χ4n) is 2.33. The van der Waals surface area contributed by atoms with Crippen molar-refractivity contribution < 1.29 is 4.52 Å². The Bertz CT molecular complexity index is 763. The van der Waals surface area contributed by atoms with Gasteiger partial charge in [0.05, 0.1) is 5.56 Å². The fraction of sp³-hybridized carbons (Fsp3) is 0.118. The van der Waals surface area contributed by atoms with E-state index in [1.165, 1.54) is 10.5 Å². The van der Waals surface area contributed by atoms with Crippen molar-refractivity contribution in [3.05, 3.63) is 54.1 Å². The predicted octanol–water partition coefficient (Wildman–Crippen LogP) is 4.62. The zero-order valence-electron chi connectivity index (χ0n) is 12.0. The maximum absolute atomic E-state index is 5.98. The van der Waals surface area contributed by atoms with E-state index in [-0.39, 0.29) is 0 Å². The minimum absolute atomic E-state index is 0.351. The molecule has 0 amide bonds. The Balaban J connectivity index is 2.12. The number of benzene rings is 2. The first kappa shape index (κ1) is 13.8. The van der Waals surface area contributed by atoms with Crippen LogP contribution in [0, 0.1) is 6.92 Å². The fourth-order valence-corrected chi connectivity index (χ4v) is 2.74. The van der Waals surface area contributed by atoms with Gasteiger partial charge in [-0.3, -0.25) is 0 Å². The molecular weight excluding hydrogens is 280 g/mol. The molecule has 0 radical (unpaired) electrons. The molecule has 0 fully saturated rings. The lowest BCUT2D eigenvalue weighted by Crippen LogP contribution is -1.88. The number of anilines is 1. The van der Waals surface area contributed by atoms with E-state index in [0.29, 0.717) is 5.88 Å². The van der Waals surface area contributed by atoms with Crippen molar-refractivity contribution in [3.63, 3.8) is 0 Å². The maximum Gasteiger partial charge on any atom is 0.230 e. The average molecular weight is 296 g/mol. The number of hydrogen-bond donors (Lipinski definition) is 1. The average Bonchev–Trinajstić information content (AvgIpc) is 2.89. The highest BCUT2D eigenvalue weighted by Gasteiger charge is 2.17. The Hall–Kier alpha value is -2.20. The van der Waals surface area contributed by atoms with Crippen LogP contribution in [0.4, 0.5) is 5.88 Å². The summed E-state index contributed by atoms with van der Waals surface area (Å²) in [5.74, 6) is 0.351. The number of aromatic nitrogens is 1. The Morgan fingerprint density at radius 3 is 2.48 bits per heavy atom. The molecule has 3 rings (SSSR count). The molecular formula is C17H16N2OS. The van der Waals surface area contributed by atoms with E-state index in [0.717, 1.165) is 22.4 Å². The minimum Gasteiger partial charge on any atom is -0.367 e. The first-order chi connectivity index (χ1) is 10.2. The van der Waals surface area contributed by atoms with Gasteiger partial charge >= 0.3 is 0 Å². The molecule has 0 bridgehead atoms. The van der Waals surface area contributed by atoms with Crippen LogP contribution in [0.2, 0.25) is 0 Å². The Morgan fingerprint density at radius 2 is 1.81 bits per heavy atom. The highest BCUT2D eigenvalue weighted by molar-refractivity contribution is 7.98. The van der Waals surface area contributed by atoms with E-state index in [9.17, 15) is 0 Å². The van der Waals surface area contributed by atoms with Crippen molar-refractivity contribution in [2.75, 3.05) is 12.0 Å². The highest BCUT2D eigenvalue weighted by Crippen LogP contribution is 2.36. The SMILES string of the molecule is CSc1ccc(-c2noc(N)c2-c2cccc(C)c2)cc1. The second-order valence-electron chi connectivity index (χ2n) is 4.87. The van der Waals surface area contributed by atoms with E-state index >= 15 is 0 Å². The lowest BCUT2D eigenvalue weighted by molar-refractivity contribution is 0.439. The molecule has 0 aliphatic heterocycles. The topological polar surface area (TPSA) is 52.0 Å². The quantitative estimate of drug-likeness (QED) is 0.716. The number of hydrogen-bond acceptors (Lipinski definition) is 4. The molecule has 1 aromatic heterocycles. The van der Waals surface area contributed by atoms with Crippen LogP contribution >= 0.6 is 11.8 Å². The molecule has 3 nitrogen and oxygen atoms in total. The van der Waals surface area contributed by atoms with Crippen LogP contribution < -0.4 is 5.73 Å². The van der Waals surface area contributed by atoms with Gasteiger partial charge in [-0.05, 0) is 30.9 Å². The van der Waals surface area contributed by atoms with Crippen LogP contribution in [0.15, 0.2) is 57.9 Å². The van der Waals surface area contributed by atoms with Crippen molar-refractivity contribution >= 4 is 17.6 Å². The van der Waals surface area contributed by atoms with Gasteiger partial charge in [0.15, 0.2) is 0 Å². The number of rotatable bonds is 3. The molecule has 0 saturated carbocycles. The number of thioether (sulfide) groups is 1. The number of nitrogen functional groups attached to an aromatic ring is 1. The molecule has 0 saturated heterocycles. The summed E-state index contributed by atoms with van der Waals surface area (Å²) in [4.78, 5) is 1.22. The molecule has 2 N–H and O–H groups in total. The standard InChI is InChI=1S/C17H16N2OS/c1-11-4-3-5-13(10-11)15-16(19-20-17(15)18)12-6-8-14(21-2)9-7-12/h3-10H,18H2,1-2H3. The van der Waals surface area contributed by atoms with Crippen molar-refractivity contribution in [3.8, 4) is 22.4 Å². The predicted molar refractivity (Wildman–Crippen MR) is 88.3 cm³/mol. The summed E-state index contributed by atoms with van der Waals surface area (Å²) in [5, 5.41) is 4.14. The van der Waals surface area contributed by atoms with Crippen molar-refractivity contribution in [1.29, 1.82) is 0 Å². The third-order valence-corrected chi connectivity index (χ3v) is 4.13.